The minimum absolute atomic E-state index is 0.00195. The van der Waals surface area contributed by atoms with Gasteiger partial charge >= 0.3 is 0 Å². The summed E-state index contributed by atoms with van der Waals surface area (Å²) in [6.07, 6.45) is -2.57. The minimum Gasteiger partial charge on any atom is -0.497 e. The maximum Gasteiger partial charge on any atom is 0.248 e. The average Bonchev–Trinajstić information content (AvgIpc) is 3.84. The number of aliphatic hydroxyl groups is 1. The van der Waals surface area contributed by atoms with Gasteiger partial charge in [-0.25, -0.2) is 5.06 Å². The Morgan fingerprint density at radius 3 is 1.58 bits per heavy atom. The van der Waals surface area contributed by atoms with E-state index in [-0.39, 0.29) is 57.7 Å². The fraction of sp³-hybridized carbons (Fsp3) is 0.857. The Morgan fingerprint density at radius 1 is 0.719 bits per heavy atom. The first kappa shape index (κ1) is 59.2. The number of hydrogen-bond acceptors (Lipinski definition) is 10. The molecule has 1 aliphatic rings. The fourth-order valence-corrected chi connectivity index (χ4v) is 11.7. The van der Waals surface area contributed by atoms with E-state index in [9.17, 15) is 9.90 Å². The Kier molecular flexibility index (Phi) is 20.1. The molecule has 0 radical (unpaired) electrons. The topological polar surface area (TPSA) is 118 Å². The van der Waals surface area contributed by atoms with Gasteiger partial charge in [0, 0.05) is 38.0 Å². The fourth-order valence-electron chi connectivity index (χ4n) is 6.83. The Hall–Kier alpha value is -0.962. The van der Waals surface area contributed by atoms with Gasteiger partial charge in [-0.3, -0.25) is 9.63 Å². The molecule has 11 nitrogen and oxygen atoms in total. The van der Waals surface area contributed by atoms with Crippen LogP contribution in [0.25, 0.3) is 0 Å². The number of amides is 1. The number of aliphatic hydroxyl groups excluding tert-OH is 1. The standard InChI is InChI=1S/C49H97NO10Si4/c1-35(31-55-32-36-26-28-37(53-16)29-27-36)43-49(14,58-43)44(60-64(24,25)48(11,12)13)39(34-57-62(20,21)46(5,6)7)42(52)38(33-56-61(18,19)45(2,3)4)40(30-41(51)50(15)54-17)59-63(22,23)47(8,9)10/h26-29,35,38-40,42-44,52H,30-34H2,1-25H3/t35-,38-,39-,40-,42+,43+,44-,49-/m0/s1. The minimum atomic E-state index is -2.55. The number of hydrogen-bond donors (Lipinski definition) is 1. The van der Waals surface area contributed by atoms with E-state index in [1.54, 1.807) is 14.2 Å². The zero-order valence-corrected chi connectivity index (χ0v) is 49.5. The van der Waals surface area contributed by atoms with Crippen molar-refractivity contribution in [1.82, 2.24) is 5.06 Å². The van der Waals surface area contributed by atoms with E-state index in [2.05, 4.69) is 149 Å². The summed E-state index contributed by atoms with van der Waals surface area (Å²) in [5, 5.41) is 14.4. The molecule has 0 saturated carbocycles. The maximum absolute atomic E-state index is 14.0. The largest absolute Gasteiger partial charge is 0.497 e. The third-order valence-electron chi connectivity index (χ3n) is 15.9. The number of methoxy groups -OCH3 is 1. The lowest BCUT2D eigenvalue weighted by atomic mass is 9.78. The highest BCUT2D eigenvalue weighted by molar-refractivity contribution is 6.75. The van der Waals surface area contributed by atoms with E-state index in [4.69, 9.17) is 36.8 Å². The Bertz CT molecular complexity index is 1610. The smallest absolute Gasteiger partial charge is 0.248 e. The van der Waals surface area contributed by atoms with Crippen LogP contribution in [0.4, 0.5) is 0 Å². The zero-order valence-electron chi connectivity index (χ0n) is 45.5. The number of rotatable bonds is 24. The highest BCUT2D eigenvalue weighted by Gasteiger charge is 2.65. The lowest BCUT2D eigenvalue weighted by Crippen LogP contribution is -2.59. The molecule has 374 valence electrons. The predicted molar refractivity (Wildman–Crippen MR) is 273 cm³/mol. The third kappa shape index (κ3) is 15.3. The second-order valence-corrected chi connectivity index (χ2v) is 44.1. The van der Waals surface area contributed by atoms with Crippen molar-refractivity contribution >= 4 is 39.2 Å². The molecule has 0 spiro atoms. The van der Waals surface area contributed by atoms with Gasteiger partial charge in [-0.2, -0.15) is 0 Å². The van der Waals surface area contributed by atoms with E-state index >= 15 is 0 Å². The molecule has 0 aliphatic carbocycles. The van der Waals surface area contributed by atoms with Crippen LogP contribution in [-0.4, -0.2) is 120 Å². The lowest BCUT2D eigenvalue weighted by Gasteiger charge is -2.48. The van der Waals surface area contributed by atoms with Crippen LogP contribution in [0.3, 0.4) is 0 Å². The van der Waals surface area contributed by atoms with Crippen LogP contribution in [0.5, 0.6) is 5.75 Å². The van der Waals surface area contributed by atoms with E-state index in [1.165, 1.54) is 12.2 Å². The molecule has 1 aliphatic heterocycles. The van der Waals surface area contributed by atoms with Crippen LogP contribution < -0.4 is 4.74 Å². The number of carbonyl (C=O) groups excluding carboxylic acids is 1. The van der Waals surface area contributed by atoms with E-state index < -0.39 is 69.0 Å². The summed E-state index contributed by atoms with van der Waals surface area (Å²) in [5.74, 6) is -0.634. The first-order valence-electron chi connectivity index (χ1n) is 23.7. The number of epoxide rings is 1. The highest BCUT2D eigenvalue weighted by atomic mass is 28.4. The van der Waals surface area contributed by atoms with Crippen molar-refractivity contribution in [2.24, 2.45) is 17.8 Å². The summed E-state index contributed by atoms with van der Waals surface area (Å²) in [4.78, 5) is 19.4. The van der Waals surface area contributed by atoms with Crippen molar-refractivity contribution in [1.29, 1.82) is 0 Å². The van der Waals surface area contributed by atoms with Gasteiger partial charge in [0.1, 0.15) is 11.4 Å². The molecule has 1 fully saturated rings. The van der Waals surface area contributed by atoms with Gasteiger partial charge in [0.15, 0.2) is 33.3 Å². The molecule has 2 rings (SSSR count). The normalized spacial score (nSPS) is 21.2. The number of benzene rings is 1. The second-order valence-electron chi connectivity index (χ2n) is 25.0. The van der Waals surface area contributed by atoms with Gasteiger partial charge in [-0.05, 0) is 97.1 Å². The zero-order chi connectivity index (χ0) is 49.9. The van der Waals surface area contributed by atoms with Gasteiger partial charge in [0.05, 0.1) is 58.3 Å². The molecule has 1 heterocycles. The molecule has 1 amide bonds. The molecule has 1 aromatic rings. The Morgan fingerprint density at radius 2 is 1.16 bits per heavy atom. The second kappa shape index (κ2) is 21.8. The molecule has 8 atom stereocenters. The van der Waals surface area contributed by atoms with Crippen molar-refractivity contribution in [2.75, 3.05) is 41.1 Å². The van der Waals surface area contributed by atoms with Gasteiger partial charge in [-0.15, -0.1) is 0 Å². The van der Waals surface area contributed by atoms with Crippen LogP contribution in [0, 0.1) is 17.8 Å². The van der Waals surface area contributed by atoms with Crippen molar-refractivity contribution in [3.8, 4) is 5.75 Å². The summed E-state index contributed by atoms with van der Waals surface area (Å²) in [7, 11) is -5.09. The number of carbonyl (C=O) groups is 1. The van der Waals surface area contributed by atoms with Crippen molar-refractivity contribution in [3.05, 3.63) is 29.8 Å². The molecule has 1 N–H and O–H groups in total. The summed E-state index contributed by atoms with van der Waals surface area (Å²) in [6, 6.07) is 7.93. The molecule has 0 aromatic heterocycles. The summed E-state index contributed by atoms with van der Waals surface area (Å²) in [5.41, 5.74) is 0.279. The Labute approximate surface area is 396 Å². The SMILES string of the molecule is COc1ccc(COC[C@H](C)[C@H]2O[C@]2(C)[C@@H](O[Si](C)(C)C(C)(C)C)[C@@H](CO[Si](C)(C)C(C)(C)C)[C@H](O)[C@@H](CO[Si](C)(C)C(C)(C)C)[C@H](CC(=O)N(C)OC)O[Si](C)(C)C(C)(C)C)cc1. The highest BCUT2D eigenvalue weighted by Crippen LogP contribution is 2.52. The van der Waals surface area contributed by atoms with E-state index in [1.807, 2.05) is 24.3 Å². The lowest BCUT2D eigenvalue weighted by molar-refractivity contribution is -0.172. The van der Waals surface area contributed by atoms with Crippen molar-refractivity contribution < 1.29 is 46.7 Å². The molecule has 0 unspecified atom stereocenters. The first-order valence-corrected chi connectivity index (χ1v) is 35.3. The third-order valence-corrected chi connectivity index (χ3v) is 33.9. The monoisotopic (exact) mass is 972 g/mol. The van der Waals surface area contributed by atoms with Gasteiger partial charge in [-0.1, -0.05) is 102 Å². The maximum atomic E-state index is 14.0. The average molecular weight is 973 g/mol. The molecular formula is C49H97NO10Si4. The van der Waals surface area contributed by atoms with Gasteiger partial charge < -0.3 is 37.0 Å². The number of hydroxylamine groups is 2. The van der Waals surface area contributed by atoms with Crippen LogP contribution in [0.2, 0.25) is 72.5 Å². The van der Waals surface area contributed by atoms with Crippen molar-refractivity contribution in [2.45, 2.75) is 213 Å². The first-order chi connectivity index (χ1) is 28.7. The van der Waals surface area contributed by atoms with Crippen LogP contribution in [-0.2, 0) is 43.4 Å². The Balaban J connectivity index is 2.91. The van der Waals surface area contributed by atoms with Crippen LogP contribution >= 0.6 is 0 Å². The molecule has 1 aromatic carbocycles. The van der Waals surface area contributed by atoms with E-state index in [0.29, 0.717) is 13.2 Å². The van der Waals surface area contributed by atoms with Crippen LogP contribution in [0.15, 0.2) is 24.3 Å². The van der Waals surface area contributed by atoms with Gasteiger partial charge in [0.2, 0.25) is 5.91 Å². The number of nitrogens with zero attached hydrogens (tertiary/aromatic N) is 1. The molecule has 15 heteroatoms. The molecule has 0 bridgehead atoms. The summed E-state index contributed by atoms with van der Waals surface area (Å²) in [6.45, 7) is 50.3. The molecule has 64 heavy (non-hydrogen) atoms. The van der Waals surface area contributed by atoms with E-state index in [0.717, 1.165) is 11.3 Å². The van der Waals surface area contributed by atoms with Crippen molar-refractivity contribution in [3.63, 3.8) is 0 Å². The van der Waals surface area contributed by atoms with Crippen LogP contribution in [0.1, 0.15) is 109 Å². The molecular weight excluding hydrogens is 875 g/mol. The van der Waals surface area contributed by atoms with Gasteiger partial charge in [0.25, 0.3) is 0 Å². The summed E-state index contributed by atoms with van der Waals surface area (Å²) < 4.78 is 47.9. The predicted octanol–water partition coefficient (Wildman–Crippen LogP) is 11.8. The summed E-state index contributed by atoms with van der Waals surface area (Å²) >= 11 is 0. The quantitative estimate of drug-likeness (QED) is 0.0609. The molecule has 1 saturated heterocycles. The number of ether oxygens (including phenoxy) is 3.